The molecule has 0 spiro atoms. The number of hydrogen-bond acceptors (Lipinski definition) is 3. The Morgan fingerprint density at radius 2 is 1.89 bits per heavy atom. The van der Waals surface area contributed by atoms with Crippen molar-refractivity contribution in [2.24, 2.45) is 0 Å². The molecule has 19 heavy (non-hydrogen) atoms. The number of nitrogens with zero attached hydrogens (tertiary/aromatic N) is 2. The van der Waals surface area contributed by atoms with Crippen molar-refractivity contribution >= 4 is 39.3 Å². The molecule has 0 radical (unpaired) electrons. The van der Waals surface area contributed by atoms with Gasteiger partial charge >= 0.3 is 0 Å². The minimum absolute atomic E-state index is 0.326. The van der Waals surface area contributed by atoms with E-state index in [1.807, 2.05) is 30.3 Å². The predicted octanol–water partition coefficient (Wildman–Crippen LogP) is 5.31. The number of thioether (sulfide) groups is 1. The van der Waals surface area contributed by atoms with Crippen LogP contribution >= 0.6 is 39.3 Å². The molecule has 0 fully saturated rings. The van der Waals surface area contributed by atoms with Gasteiger partial charge in [0.25, 0.3) is 0 Å². The molecule has 1 aromatic carbocycles. The fourth-order valence-electron chi connectivity index (χ4n) is 1.48. The summed E-state index contributed by atoms with van der Waals surface area (Å²) in [4.78, 5) is 8.94. The zero-order valence-corrected chi connectivity index (χ0v) is 13.9. The van der Waals surface area contributed by atoms with Gasteiger partial charge in [0.15, 0.2) is 0 Å². The first-order valence-electron chi connectivity index (χ1n) is 5.96. The van der Waals surface area contributed by atoms with Crippen molar-refractivity contribution in [2.45, 2.75) is 30.5 Å². The molecule has 0 amide bonds. The normalized spacial score (nSPS) is 11.0. The molecule has 0 bridgehead atoms. The van der Waals surface area contributed by atoms with Crippen LogP contribution in [-0.4, -0.2) is 9.97 Å². The molecule has 2 nitrogen and oxygen atoms in total. The van der Waals surface area contributed by atoms with Crippen LogP contribution in [0, 0.1) is 0 Å². The number of aromatic nitrogens is 2. The fourth-order valence-corrected chi connectivity index (χ4v) is 3.02. The van der Waals surface area contributed by atoms with E-state index in [0.29, 0.717) is 5.92 Å². The van der Waals surface area contributed by atoms with Crippen LogP contribution in [0.4, 0.5) is 0 Å². The van der Waals surface area contributed by atoms with Crippen LogP contribution in [0.3, 0.4) is 0 Å². The van der Waals surface area contributed by atoms with E-state index < -0.39 is 0 Å². The molecule has 5 heteroatoms. The third-order valence-corrected chi connectivity index (χ3v) is 4.15. The van der Waals surface area contributed by atoms with Gasteiger partial charge in [-0.05, 0) is 33.6 Å². The van der Waals surface area contributed by atoms with Gasteiger partial charge in [0, 0.05) is 22.8 Å². The first kappa shape index (κ1) is 14.8. The lowest BCUT2D eigenvalue weighted by atomic mass is 10.2. The van der Waals surface area contributed by atoms with E-state index in [0.717, 1.165) is 26.2 Å². The fraction of sp³-hybridized carbons (Fsp3) is 0.286. The smallest absolute Gasteiger partial charge is 0.133 e. The average molecular weight is 358 g/mol. The SMILES string of the molecule is CC(C)c1nc(Br)cc(SCc2ccc(Cl)cc2)n1. The van der Waals surface area contributed by atoms with Gasteiger partial charge in [-0.25, -0.2) is 9.97 Å². The molecule has 2 rings (SSSR count). The van der Waals surface area contributed by atoms with Gasteiger partial charge in [-0.15, -0.1) is 11.8 Å². The molecule has 0 aliphatic rings. The van der Waals surface area contributed by atoms with Crippen molar-refractivity contribution < 1.29 is 0 Å². The second-order valence-electron chi connectivity index (χ2n) is 4.46. The highest BCUT2D eigenvalue weighted by molar-refractivity contribution is 9.10. The Hall–Kier alpha value is -0.580. The summed E-state index contributed by atoms with van der Waals surface area (Å²) < 4.78 is 0.838. The number of benzene rings is 1. The second-order valence-corrected chi connectivity index (χ2v) is 6.70. The second kappa shape index (κ2) is 6.73. The maximum atomic E-state index is 5.87. The van der Waals surface area contributed by atoms with Crippen LogP contribution in [0.5, 0.6) is 0 Å². The summed E-state index contributed by atoms with van der Waals surface area (Å²) in [6.07, 6.45) is 0. The van der Waals surface area contributed by atoms with Crippen LogP contribution in [0.25, 0.3) is 0 Å². The van der Waals surface area contributed by atoms with Crippen LogP contribution in [0.2, 0.25) is 5.02 Å². The van der Waals surface area contributed by atoms with Crippen molar-refractivity contribution in [2.75, 3.05) is 0 Å². The summed E-state index contributed by atoms with van der Waals surface area (Å²) in [5.41, 5.74) is 1.23. The average Bonchev–Trinajstić information content (AvgIpc) is 2.37. The molecule has 0 atom stereocenters. The Morgan fingerprint density at radius 1 is 1.21 bits per heavy atom. The van der Waals surface area contributed by atoms with E-state index in [-0.39, 0.29) is 0 Å². The van der Waals surface area contributed by atoms with Gasteiger partial charge in [-0.1, -0.05) is 37.6 Å². The maximum Gasteiger partial charge on any atom is 0.133 e. The van der Waals surface area contributed by atoms with E-state index in [4.69, 9.17) is 11.6 Å². The summed E-state index contributed by atoms with van der Waals surface area (Å²) in [7, 11) is 0. The Morgan fingerprint density at radius 3 is 2.53 bits per heavy atom. The third-order valence-electron chi connectivity index (χ3n) is 2.51. The Balaban J connectivity index is 2.08. The quantitative estimate of drug-likeness (QED) is 0.548. The topological polar surface area (TPSA) is 25.8 Å². The minimum atomic E-state index is 0.326. The zero-order valence-electron chi connectivity index (χ0n) is 10.7. The first-order valence-corrected chi connectivity index (χ1v) is 8.12. The van der Waals surface area contributed by atoms with Crippen molar-refractivity contribution in [1.82, 2.24) is 9.97 Å². The summed E-state index contributed by atoms with van der Waals surface area (Å²) in [6.45, 7) is 4.19. The number of rotatable bonds is 4. The molecule has 100 valence electrons. The Bertz CT molecular complexity index is 558. The van der Waals surface area contributed by atoms with E-state index in [9.17, 15) is 0 Å². The largest absolute Gasteiger partial charge is 0.226 e. The highest BCUT2D eigenvalue weighted by Crippen LogP contribution is 2.25. The van der Waals surface area contributed by atoms with Gasteiger partial charge in [0.2, 0.25) is 0 Å². The van der Waals surface area contributed by atoms with Gasteiger partial charge in [-0.2, -0.15) is 0 Å². The molecular weight excluding hydrogens is 344 g/mol. The summed E-state index contributed by atoms with van der Waals surface area (Å²) >= 11 is 11.0. The van der Waals surface area contributed by atoms with Crippen molar-refractivity contribution in [3.63, 3.8) is 0 Å². The summed E-state index contributed by atoms with van der Waals surface area (Å²) in [5, 5.41) is 1.75. The van der Waals surface area contributed by atoms with Crippen LogP contribution < -0.4 is 0 Å². The third kappa shape index (κ3) is 4.48. The lowest BCUT2D eigenvalue weighted by molar-refractivity contribution is 0.747. The molecule has 1 aromatic heterocycles. The van der Waals surface area contributed by atoms with Gasteiger partial charge in [0.05, 0.1) is 0 Å². The van der Waals surface area contributed by atoms with Crippen molar-refractivity contribution in [3.8, 4) is 0 Å². The first-order chi connectivity index (χ1) is 9.04. The molecule has 0 aliphatic carbocycles. The lowest BCUT2D eigenvalue weighted by Crippen LogP contribution is -1.99. The van der Waals surface area contributed by atoms with E-state index in [2.05, 4.69) is 39.7 Å². The Kier molecular flexibility index (Phi) is 5.25. The molecule has 0 N–H and O–H groups in total. The van der Waals surface area contributed by atoms with E-state index in [1.54, 1.807) is 11.8 Å². The summed E-state index contributed by atoms with van der Waals surface area (Å²) in [5.74, 6) is 2.07. The molecular formula is C14H14BrClN2S. The molecule has 1 heterocycles. The predicted molar refractivity (Wildman–Crippen MR) is 84.8 cm³/mol. The van der Waals surface area contributed by atoms with Gasteiger partial charge < -0.3 is 0 Å². The molecule has 0 unspecified atom stereocenters. The maximum absolute atomic E-state index is 5.87. The van der Waals surface area contributed by atoms with Crippen molar-refractivity contribution in [1.29, 1.82) is 0 Å². The number of hydrogen-bond donors (Lipinski definition) is 0. The van der Waals surface area contributed by atoms with Crippen LogP contribution in [0.1, 0.15) is 31.2 Å². The van der Waals surface area contributed by atoms with Gasteiger partial charge in [-0.3, -0.25) is 0 Å². The summed E-state index contributed by atoms with van der Waals surface area (Å²) in [6, 6.07) is 9.84. The molecule has 0 aliphatic heterocycles. The highest BCUT2D eigenvalue weighted by atomic mass is 79.9. The minimum Gasteiger partial charge on any atom is -0.226 e. The lowest BCUT2D eigenvalue weighted by Gasteiger charge is -2.07. The van der Waals surface area contributed by atoms with E-state index >= 15 is 0 Å². The Labute approximate surface area is 131 Å². The van der Waals surface area contributed by atoms with Gasteiger partial charge in [0.1, 0.15) is 15.5 Å². The van der Waals surface area contributed by atoms with Crippen LogP contribution in [-0.2, 0) is 5.75 Å². The number of halogens is 2. The monoisotopic (exact) mass is 356 g/mol. The molecule has 2 aromatic rings. The zero-order chi connectivity index (χ0) is 13.8. The highest BCUT2D eigenvalue weighted by Gasteiger charge is 2.07. The van der Waals surface area contributed by atoms with Crippen LogP contribution in [0.15, 0.2) is 40.0 Å². The van der Waals surface area contributed by atoms with Crippen molar-refractivity contribution in [3.05, 3.63) is 51.3 Å². The molecule has 0 saturated carbocycles. The van der Waals surface area contributed by atoms with E-state index in [1.165, 1.54) is 5.56 Å². The standard InChI is InChI=1S/C14H14BrClN2S/c1-9(2)14-17-12(15)7-13(18-14)19-8-10-3-5-11(16)6-4-10/h3-7,9H,8H2,1-2H3. The molecule has 0 saturated heterocycles.